The maximum absolute atomic E-state index is 14.2. The van der Waals surface area contributed by atoms with E-state index in [1.54, 1.807) is 50.3 Å². The molecule has 0 saturated heterocycles. The highest BCUT2D eigenvalue weighted by Crippen LogP contribution is 2.23. The van der Waals surface area contributed by atoms with Crippen LogP contribution in [-0.4, -0.2) is 59.8 Å². The summed E-state index contributed by atoms with van der Waals surface area (Å²) in [5.41, 5.74) is 0.987. The Kier molecular flexibility index (Phi) is 8.31. The van der Waals surface area contributed by atoms with Gasteiger partial charge in [-0.3, -0.25) is 4.99 Å². The smallest absolute Gasteiger partial charge is 0.191 e. The molecule has 6 nitrogen and oxygen atoms in total. The molecule has 0 aliphatic rings. The van der Waals surface area contributed by atoms with Crippen molar-refractivity contribution < 1.29 is 17.2 Å². The van der Waals surface area contributed by atoms with Gasteiger partial charge in [0.1, 0.15) is 11.6 Å². The first kappa shape index (κ1) is 23.8. The van der Waals surface area contributed by atoms with Gasteiger partial charge >= 0.3 is 0 Å². The van der Waals surface area contributed by atoms with Crippen molar-refractivity contribution >= 4 is 15.8 Å². The van der Waals surface area contributed by atoms with E-state index in [4.69, 9.17) is 0 Å². The summed E-state index contributed by atoms with van der Waals surface area (Å²) < 4.78 is 51.4. The Hall–Kier alpha value is -2.52. The number of aliphatic imine (C=N–C) groups is 1. The molecule has 0 aliphatic heterocycles. The molecule has 0 amide bonds. The molecule has 9 heteroatoms. The van der Waals surface area contributed by atoms with E-state index in [0.717, 1.165) is 5.56 Å². The molecular weight excluding hydrogens is 410 g/mol. The van der Waals surface area contributed by atoms with Gasteiger partial charge in [-0.05, 0) is 50.3 Å². The largest absolute Gasteiger partial charge is 0.356 e. The van der Waals surface area contributed by atoms with E-state index in [1.165, 1.54) is 24.5 Å². The van der Waals surface area contributed by atoms with Gasteiger partial charge in [0.15, 0.2) is 15.8 Å². The lowest BCUT2D eigenvalue weighted by Gasteiger charge is -2.26. The van der Waals surface area contributed by atoms with Gasteiger partial charge < -0.3 is 15.5 Å². The number of rotatable bonds is 8. The minimum atomic E-state index is -3.21. The number of guanidine groups is 1. The lowest BCUT2D eigenvalue weighted by atomic mass is 10.0. The second-order valence-electron chi connectivity index (χ2n) is 7.16. The molecule has 0 fully saturated rings. The van der Waals surface area contributed by atoms with Gasteiger partial charge in [0.05, 0.1) is 10.9 Å². The highest BCUT2D eigenvalue weighted by molar-refractivity contribution is 7.90. The fourth-order valence-corrected chi connectivity index (χ4v) is 3.64. The molecule has 2 rings (SSSR count). The van der Waals surface area contributed by atoms with E-state index in [-0.39, 0.29) is 17.0 Å². The van der Waals surface area contributed by atoms with Gasteiger partial charge in [0, 0.05) is 32.0 Å². The summed E-state index contributed by atoms with van der Waals surface area (Å²) in [6.07, 6.45) is 1.83. The monoisotopic (exact) mass is 438 g/mol. The summed E-state index contributed by atoms with van der Waals surface area (Å²) in [5.74, 6) is -0.668. The fraction of sp³-hybridized carbons (Fsp3) is 0.381. The zero-order valence-corrected chi connectivity index (χ0v) is 18.4. The first-order valence-electron chi connectivity index (χ1n) is 9.47. The predicted octanol–water partition coefficient (Wildman–Crippen LogP) is 2.38. The van der Waals surface area contributed by atoms with E-state index in [2.05, 4.69) is 15.6 Å². The Balaban J connectivity index is 1.94. The van der Waals surface area contributed by atoms with Crippen LogP contribution in [0.25, 0.3) is 0 Å². The molecule has 0 aromatic heterocycles. The number of hydrogen-bond acceptors (Lipinski definition) is 4. The zero-order valence-electron chi connectivity index (χ0n) is 17.6. The van der Waals surface area contributed by atoms with Crippen LogP contribution < -0.4 is 10.6 Å². The van der Waals surface area contributed by atoms with Crippen LogP contribution in [0.4, 0.5) is 8.78 Å². The van der Waals surface area contributed by atoms with Crippen molar-refractivity contribution in [2.45, 2.75) is 17.4 Å². The normalized spacial score (nSPS) is 13.4. The van der Waals surface area contributed by atoms with Crippen LogP contribution in [0.3, 0.4) is 0 Å². The number of nitrogens with zero attached hydrogens (tertiary/aromatic N) is 2. The molecule has 0 bridgehead atoms. The van der Waals surface area contributed by atoms with Crippen LogP contribution in [-0.2, 0) is 16.3 Å². The molecule has 2 aromatic rings. The molecule has 0 spiro atoms. The number of hydrogen-bond donors (Lipinski definition) is 2. The maximum Gasteiger partial charge on any atom is 0.191 e. The van der Waals surface area contributed by atoms with Crippen LogP contribution in [0.5, 0.6) is 0 Å². The Bertz CT molecular complexity index is 957. The number of likely N-dealkylation sites (N-methyl/N-ethyl adjacent to an activating group) is 1. The molecule has 1 atom stereocenters. The Labute approximate surface area is 176 Å². The van der Waals surface area contributed by atoms with E-state index in [1.807, 2.05) is 0 Å². The van der Waals surface area contributed by atoms with Crippen molar-refractivity contribution in [3.63, 3.8) is 0 Å². The first-order chi connectivity index (χ1) is 14.1. The third-order valence-electron chi connectivity index (χ3n) is 4.70. The van der Waals surface area contributed by atoms with Crippen LogP contribution in [0.15, 0.2) is 52.4 Å². The number of halogens is 2. The van der Waals surface area contributed by atoms with Crippen molar-refractivity contribution in [1.82, 2.24) is 15.5 Å². The second-order valence-corrected chi connectivity index (χ2v) is 9.18. The average molecular weight is 439 g/mol. The van der Waals surface area contributed by atoms with Gasteiger partial charge in [0.2, 0.25) is 0 Å². The molecule has 0 radical (unpaired) electrons. The topological polar surface area (TPSA) is 73.8 Å². The summed E-state index contributed by atoms with van der Waals surface area (Å²) >= 11 is 0. The molecule has 0 aliphatic carbocycles. The van der Waals surface area contributed by atoms with E-state index in [9.17, 15) is 17.2 Å². The summed E-state index contributed by atoms with van der Waals surface area (Å²) in [6.45, 7) is 0.812. The van der Waals surface area contributed by atoms with Gasteiger partial charge in [-0.15, -0.1) is 0 Å². The zero-order chi connectivity index (χ0) is 22.3. The van der Waals surface area contributed by atoms with E-state index in [0.29, 0.717) is 18.9 Å². The van der Waals surface area contributed by atoms with Gasteiger partial charge in [-0.25, -0.2) is 17.2 Å². The Morgan fingerprint density at radius 1 is 1.07 bits per heavy atom. The Morgan fingerprint density at radius 3 is 2.17 bits per heavy atom. The molecule has 30 heavy (non-hydrogen) atoms. The molecule has 1 unspecified atom stereocenters. The molecule has 2 aromatic carbocycles. The van der Waals surface area contributed by atoms with Crippen molar-refractivity contribution in [2.24, 2.45) is 4.99 Å². The quantitative estimate of drug-likeness (QED) is 0.489. The van der Waals surface area contributed by atoms with Gasteiger partial charge in [-0.1, -0.05) is 18.2 Å². The third kappa shape index (κ3) is 6.50. The fourth-order valence-electron chi connectivity index (χ4n) is 3.01. The van der Waals surface area contributed by atoms with E-state index >= 15 is 0 Å². The van der Waals surface area contributed by atoms with Gasteiger partial charge in [-0.2, -0.15) is 0 Å². The highest BCUT2D eigenvalue weighted by atomic mass is 32.2. The second kappa shape index (κ2) is 10.5. The van der Waals surface area contributed by atoms with E-state index < -0.39 is 27.5 Å². The molecule has 164 valence electrons. The van der Waals surface area contributed by atoms with Gasteiger partial charge in [0.25, 0.3) is 0 Å². The number of sulfone groups is 1. The molecule has 2 N–H and O–H groups in total. The minimum Gasteiger partial charge on any atom is -0.356 e. The Morgan fingerprint density at radius 2 is 1.67 bits per heavy atom. The number of benzene rings is 2. The van der Waals surface area contributed by atoms with Crippen molar-refractivity contribution in [3.8, 4) is 0 Å². The summed E-state index contributed by atoms with van der Waals surface area (Å²) in [5, 5.41) is 6.26. The maximum atomic E-state index is 14.2. The van der Waals surface area contributed by atoms with Crippen molar-refractivity contribution in [3.05, 3.63) is 65.2 Å². The van der Waals surface area contributed by atoms with Crippen LogP contribution >= 0.6 is 0 Å². The number of nitrogens with one attached hydrogen (secondary N) is 2. The lowest BCUT2D eigenvalue weighted by molar-refractivity contribution is 0.282. The standard InChI is InChI=1S/C21H28F2N4O2S/c1-24-21(25-13-12-15-8-10-16(11-9-15)30(4,28)29)26-14-19(27(2)3)20-17(22)6-5-7-18(20)23/h5-11,19H,12-14H2,1-4H3,(H2,24,25,26). The van der Waals surface area contributed by atoms with Crippen molar-refractivity contribution in [1.29, 1.82) is 0 Å². The third-order valence-corrected chi connectivity index (χ3v) is 5.83. The highest BCUT2D eigenvalue weighted by Gasteiger charge is 2.22. The average Bonchev–Trinajstić information content (AvgIpc) is 2.68. The SMILES string of the molecule is CN=C(NCCc1ccc(S(C)(=O)=O)cc1)NCC(c1c(F)cccc1F)N(C)C. The summed E-state index contributed by atoms with van der Waals surface area (Å²) in [4.78, 5) is 6.17. The van der Waals surface area contributed by atoms with Crippen LogP contribution in [0.2, 0.25) is 0 Å². The minimum absolute atomic E-state index is 0.0106. The summed E-state index contributed by atoms with van der Waals surface area (Å²) in [6, 6.07) is 10.0. The first-order valence-corrected chi connectivity index (χ1v) is 11.4. The summed E-state index contributed by atoms with van der Waals surface area (Å²) in [7, 11) is 1.92. The molecular formula is C21H28F2N4O2S. The van der Waals surface area contributed by atoms with Crippen LogP contribution in [0, 0.1) is 11.6 Å². The molecule has 0 heterocycles. The lowest BCUT2D eigenvalue weighted by Crippen LogP contribution is -2.42. The van der Waals surface area contributed by atoms with Crippen LogP contribution in [0.1, 0.15) is 17.2 Å². The van der Waals surface area contributed by atoms with Crippen molar-refractivity contribution in [2.75, 3.05) is 40.5 Å². The molecule has 0 saturated carbocycles. The predicted molar refractivity (Wildman–Crippen MR) is 115 cm³/mol.